The number of carbonyl (C=O) groups excluding carboxylic acids is 1. The Morgan fingerprint density at radius 1 is 1.06 bits per heavy atom. The van der Waals surface area contributed by atoms with Crippen molar-refractivity contribution in [2.75, 3.05) is 34.5 Å². The molecule has 1 aliphatic rings. The summed E-state index contributed by atoms with van der Waals surface area (Å²) in [6, 6.07) is 14.0. The molecule has 2 aromatic carbocycles. The molecule has 3 aromatic rings. The maximum absolute atomic E-state index is 13.6. The summed E-state index contributed by atoms with van der Waals surface area (Å²) in [5, 5.41) is 0. The molecule has 0 aliphatic carbocycles. The van der Waals surface area contributed by atoms with E-state index >= 15 is 0 Å². The molecular weight excluding hydrogens is 468 g/mol. The fourth-order valence-corrected chi connectivity index (χ4v) is 4.91. The molecule has 4 rings (SSSR count). The number of hydrogen-bond donors (Lipinski definition) is 0. The highest BCUT2D eigenvalue weighted by atomic mass is 32.1. The van der Waals surface area contributed by atoms with E-state index in [1.165, 1.54) is 18.4 Å². The Morgan fingerprint density at radius 2 is 1.80 bits per heavy atom. The number of methoxy groups -OCH3 is 3. The third-order valence-corrected chi connectivity index (χ3v) is 6.57. The second-order valence-electron chi connectivity index (χ2n) is 7.76. The zero-order valence-electron chi connectivity index (χ0n) is 19.9. The number of benzene rings is 2. The topological polar surface area (TPSA) is 88.4 Å². The van der Waals surface area contributed by atoms with Crippen LogP contribution in [-0.2, 0) is 14.3 Å². The SMILES string of the molecule is COCCOC(=O)C1=C(C)N=c2s/c(=C\c3cccc(OC)c3)c(=O)n2C1c1ccc(OC)cc1. The summed E-state index contributed by atoms with van der Waals surface area (Å²) in [6.45, 7) is 2.12. The first-order chi connectivity index (χ1) is 17.0. The van der Waals surface area contributed by atoms with Crippen molar-refractivity contribution in [1.29, 1.82) is 0 Å². The van der Waals surface area contributed by atoms with Crippen molar-refractivity contribution in [1.82, 2.24) is 4.57 Å². The summed E-state index contributed by atoms with van der Waals surface area (Å²) < 4.78 is 23.1. The van der Waals surface area contributed by atoms with E-state index < -0.39 is 12.0 Å². The molecule has 35 heavy (non-hydrogen) atoms. The molecule has 9 heteroatoms. The number of thiazole rings is 1. The van der Waals surface area contributed by atoms with E-state index in [1.54, 1.807) is 43.9 Å². The number of fused-ring (bicyclic) bond motifs is 1. The maximum atomic E-state index is 13.6. The molecule has 1 unspecified atom stereocenters. The van der Waals surface area contributed by atoms with Gasteiger partial charge in [-0.3, -0.25) is 9.36 Å². The average Bonchev–Trinajstić information content (AvgIpc) is 3.17. The highest BCUT2D eigenvalue weighted by Crippen LogP contribution is 2.31. The van der Waals surface area contributed by atoms with Crippen molar-refractivity contribution in [2.45, 2.75) is 13.0 Å². The number of ether oxygens (including phenoxy) is 4. The first-order valence-corrected chi connectivity index (χ1v) is 11.7. The molecule has 2 heterocycles. The minimum atomic E-state index is -0.695. The van der Waals surface area contributed by atoms with Crippen LogP contribution in [0.25, 0.3) is 6.08 Å². The predicted molar refractivity (Wildman–Crippen MR) is 133 cm³/mol. The highest BCUT2D eigenvalue weighted by Gasteiger charge is 2.33. The van der Waals surface area contributed by atoms with Gasteiger partial charge in [0.2, 0.25) is 0 Å². The van der Waals surface area contributed by atoms with Crippen LogP contribution in [0.15, 0.2) is 69.6 Å². The standard InChI is InChI=1S/C26H26N2O6S/c1-16-22(25(30)34-13-12-31-2)23(18-8-10-19(32-3)11-9-18)28-24(29)21(35-26(28)27-16)15-17-6-5-7-20(14-17)33-4/h5-11,14-15,23H,12-13H2,1-4H3/b21-15-. The lowest BCUT2D eigenvalue weighted by Crippen LogP contribution is -2.40. The summed E-state index contributed by atoms with van der Waals surface area (Å²) in [7, 11) is 4.71. The number of rotatable bonds is 8. The van der Waals surface area contributed by atoms with Gasteiger partial charge in [-0.2, -0.15) is 0 Å². The molecular formula is C26H26N2O6S. The Kier molecular flexibility index (Phi) is 7.48. The highest BCUT2D eigenvalue weighted by molar-refractivity contribution is 7.07. The molecule has 1 aliphatic heterocycles. The van der Waals surface area contributed by atoms with Crippen LogP contribution in [0.4, 0.5) is 0 Å². The minimum Gasteiger partial charge on any atom is -0.497 e. The van der Waals surface area contributed by atoms with Crippen LogP contribution in [0.1, 0.15) is 24.1 Å². The van der Waals surface area contributed by atoms with E-state index in [4.69, 9.17) is 18.9 Å². The molecule has 182 valence electrons. The van der Waals surface area contributed by atoms with Crippen LogP contribution in [0.3, 0.4) is 0 Å². The lowest BCUT2D eigenvalue weighted by atomic mass is 9.96. The van der Waals surface area contributed by atoms with Crippen LogP contribution in [-0.4, -0.2) is 45.1 Å². The monoisotopic (exact) mass is 494 g/mol. The van der Waals surface area contributed by atoms with Crippen molar-refractivity contribution >= 4 is 23.4 Å². The third kappa shape index (κ3) is 5.06. The summed E-state index contributed by atoms with van der Waals surface area (Å²) in [6.07, 6.45) is 1.80. The molecule has 0 radical (unpaired) electrons. The van der Waals surface area contributed by atoms with Gasteiger partial charge in [0.05, 0.1) is 42.7 Å². The van der Waals surface area contributed by atoms with Crippen molar-refractivity contribution in [2.24, 2.45) is 4.99 Å². The molecule has 1 aromatic heterocycles. The number of hydrogen-bond acceptors (Lipinski definition) is 8. The molecule has 1 atom stereocenters. The molecule has 0 saturated heterocycles. The molecule has 0 fully saturated rings. The van der Waals surface area contributed by atoms with Gasteiger partial charge in [0.1, 0.15) is 18.1 Å². The second-order valence-corrected chi connectivity index (χ2v) is 8.77. The largest absolute Gasteiger partial charge is 0.497 e. The summed E-state index contributed by atoms with van der Waals surface area (Å²) >= 11 is 1.27. The first-order valence-electron chi connectivity index (χ1n) is 10.9. The molecule has 0 saturated carbocycles. The smallest absolute Gasteiger partial charge is 0.338 e. The van der Waals surface area contributed by atoms with E-state index in [0.717, 1.165) is 11.1 Å². The van der Waals surface area contributed by atoms with Crippen molar-refractivity contribution in [3.8, 4) is 11.5 Å². The third-order valence-electron chi connectivity index (χ3n) is 5.59. The normalized spacial score (nSPS) is 15.4. The van der Waals surface area contributed by atoms with Crippen LogP contribution in [0, 0.1) is 0 Å². The Hall–Kier alpha value is -3.69. The van der Waals surface area contributed by atoms with Gasteiger partial charge in [0.15, 0.2) is 4.80 Å². The molecule has 8 nitrogen and oxygen atoms in total. The van der Waals surface area contributed by atoms with Crippen LogP contribution in [0.5, 0.6) is 11.5 Å². The van der Waals surface area contributed by atoms with Gasteiger partial charge < -0.3 is 18.9 Å². The summed E-state index contributed by atoms with van der Waals surface area (Å²) in [5.74, 6) is 0.829. The van der Waals surface area contributed by atoms with Gasteiger partial charge in [-0.25, -0.2) is 9.79 Å². The average molecular weight is 495 g/mol. The Morgan fingerprint density at radius 3 is 2.49 bits per heavy atom. The van der Waals surface area contributed by atoms with Gasteiger partial charge in [0, 0.05) is 7.11 Å². The Bertz CT molecular complexity index is 1440. The van der Waals surface area contributed by atoms with Gasteiger partial charge >= 0.3 is 5.97 Å². The fraction of sp³-hybridized carbons (Fsp3) is 0.269. The lowest BCUT2D eigenvalue weighted by Gasteiger charge is -2.25. The van der Waals surface area contributed by atoms with Gasteiger partial charge in [-0.15, -0.1) is 0 Å². The van der Waals surface area contributed by atoms with Gasteiger partial charge in [-0.05, 0) is 48.4 Å². The van der Waals surface area contributed by atoms with Crippen LogP contribution >= 0.6 is 11.3 Å². The fourth-order valence-electron chi connectivity index (χ4n) is 3.86. The summed E-state index contributed by atoms with van der Waals surface area (Å²) in [5.41, 5.74) is 2.14. The van der Waals surface area contributed by atoms with E-state index in [2.05, 4.69) is 4.99 Å². The molecule has 0 spiro atoms. The lowest BCUT2D eigenvalue weighted by molar-refractivity contribution is -0.140. The number of aromatic nitrogens is 1. The van der Waals surface area contributed by atoms with Crippen LogP contribution in [0.2, 0.25) is 0 Å². The van der Waals surface area contributed by atoms with Gasteiger partial charge in [0.25, 0.3) is 5.56 Å². The quantitative estimate of drug-likeness (QED) is 0.353. The predicted octanol–water partition coefficient (Wildman–Crippen LogP) is 2.44. The zero-order chi connectivity index (χ0) is 24.9. The first kappa shape index (κ1) is 24.4. The van der Waals surface area contributed by atoms with Crippen LogP contribution < -0.4 is 24.4 Å². The Labute approximate surface area is 206 Å². The molecule has 0 bridgehead atoms. The number of allylic oxidation sites excluding steroid dienone is 1. The number of carbonyl (C=O) groups is 1. The summed E-state index contributed by atoms with van der Waals surface area (Å²) in [4.78, 5) is 31.9. The van der Waals surface area contributed by atoms with Crippen molar-refractivity contribution < 1.29 is 23.7 Å². The van der Waals surface area contributed by atoms with E-state index in [0.29, 0.717) is 32.1 Å². The molecule has 0 amide bonds. The Balaban J connectivity index is 1.87. The van der Waals surface area contributed by atoms with E-state index in [1.807, 2.05) is 36.4 Å². The van der Waals surface area contributed by atoms with Gasteiger partial charge in [-0.1, -0.05) is 35.6 Å². The minimum absolute atomic E-state index is 0.0989. The number of nitrogens with zero attached hydrogens (tertiary/aromatic N) is 2. The second kappa shape index (κ2) is 10.7. The zero-order valence-corrected chi connectivity index (χ0v) is 20.8. The van der Waals surface area contributed by atoms with Crippen molar-refractivity contribution in [3.63, 3.8) is 0 Å². The van der Waals surface area contributed by atoms with E-state index in [9.17, 15) is 9.59 Å². The van der Waals surface area contributed by atoms with Crippen molar-refractivity contribution in [3.05, 3.63) is 90.6 Å². The van der Waals surface area contributed by atoms with E-state index in [-0.39, 0.29) is 18.8 Å². The number of esters is 1. The molecule has 0 N–H and O–H groups in total. The maximum Gasteiger partial charge on any atom is 0.338 e.